The minimum absolute atomic E-state index is 0.0797. The highest BCUT2D eigenvalue weighted by atomic mass is 32.1. The van der Waals surface area contributed by atoms with Crippen molar-refractivity contribution in [1.82, 2.24) is 9.38 Å². The lowest BCUT2D eigenvalue weighted by Crippen LogP contribution is -2.18. The highest BCUT2D eigenvalue weighted by Gasteiger charge is 2.21. The van der Waals surface area contributed by atoms with E-state index in [1.165, 1.54) is 0 Å². The number of imidazole rings is 1. The van der Waals surface area contributed by atoms with Crippen LogP contribution in [0.15, 0.2) is 42.6 Å². The van der Waals surface area contributed by atoms with E-state index in [9.17, 15) is 0 Å². The van der Waals surface area contributed by atoms with E-state index in [-0.39, 0.29) is 5.92 Å². The maximum Gasteiger partial charge on any atom is 0.137 e. The number of aromatic nitrogens is 2. The van der Waals surface area contributed by atoms with Crippen LogP contribution >= 0.6 is 12.2 Å². The van der Waals surface area contributed by atoms with Gasteiger partial charge in [0.05, 0.1) is 23.5 Å². The third kappa shape index (κ3) is 2.80. The van der Waals surface area contributed by atoms with Gasteiger partial charge in [0.2, 0.25) is 0 Å². The number of methoxy groups -OCH3 is 1. The molecule has 0 fully saturated rings. The molecule has 118 valence electrons. The van der Waals surface area contributed by atoms with Gasteiger partial charge in [0.15, 0.2) is 0 Å². The summed E-state index contributed by atoms with van der Waals surface area (Å²) in [5, 5.41) is 0. The number of pyridine rings is 1. The van der Waals surface area contributed by atoms with Crippen LogP contribution in [0.3, 0.4) is 0 Å². The first kappa shape index (κ1) is 15.5. The molecule has 1 unspecified atom stereocenters. The van der Waals surface area contributed by atoms with Crippen molar-refractivity contribution >= 4 is 22.9 Å². The molecule has 0 radical (unpaired) electrons. The molecular weight excluding hydrogens is 306 g/mol. The zero-order valence-electron chi connectivity index (χ0n) is 13.4. The van der Waals surface area contributed by atoms with Crippen LogP contribution in [0.5, 0.6) is 5.75 Å². The third-order valence-electron chi connectivity index (χ3n) is 4.00. The fraction of sp³-hybridized carbons (Fsp3) is 0.222. The zero-order chi connectivity index (χ0) is 16.6. The van der Waals surface area contributed by atoms with Crippen LogP contribution in [0.1, 0.15) is 24.1 Å². The van der Waals surface area contributed by atoms with Crippen molar-refractivity contribution in [1.29, 1.82) is 0 Å². The molecule has 4 nitrogen and oxygen atoms in total. The van der Waals surface area contributed by atoms with E-state index in [1.54, 1.807) is 7.11 Å². The first-order chi connectivity index (χ1) is 11.0. The topological polar surface area (TPSA) is 52.5 Å². The Bertz CT molecular complexity index is 885. The molecular formula is C18H19N3OS. The second kappa shape index (κ2) is 6.01. The molecule has 0 saturated carbocycles. The normalized spacial score (nSPS) is 12.3. The number of thiocarbonyl (C=S) groups is 1. The number of hydrogen-bond acceptors (Lipinski definition) is 3. The first-order valence-electron chi connectivity index (χ1n) is 7.43. The number of ether oxygens (including phenoxy) is 1. The van der Waals surface area contributed by atoms with Gasteiger partial charge >= 0.3 is 0 Å². The minimum Gasteiger partial charge on any atom is -0.497 e. The van der Waals surface area contributed by atoms with Gasteiger partial charge in [0.25, 0.3) is 0 Å². The molecule has 0 saturated heterocycles. The van der Waals surface area contributed by atoms with Crippen LogP contribution in [0, 0.1) is 6.92 Å². The van der Waals surface area contributed by atoms with Crippen LogP contribution in [-0.2, 0) is 0 Å². The summed E-state index contributed by atoms with van der Waals surface area (Å²) in [6.45, 7) is 4.06. The molecule has 2 heterocycles. The Kier molecular flexibility index (Phi) is 4.05. The van der Waals surface area contributed by atoms with Gasteiger partial charge in [0.1, 0.15) is 11.4 Å². The maximum absolute atomic E-state index is 5.92. The Morgan fingerprint density at radius 3 is 2.78 bits per heavy atom. The highest BCUT2D eigenvalue weighted by molar-refractivity contribution is 7.80. The molecule has 1 atom stereocenters. The zero-order valence-corrected chi connectivity index (χ0v) is 14.2. The van der Waals surface area contributed by atoms with Crippen molar-refractivity contribution in [2.45, 2.75) is 19.8 Å². The Morgan fingerprint density at radius 2 is 2.09 bits per heavy atom. The smallest absolute Gasteiger partial charge is 0.137 e. The van der Waals surface area contributed by atoms with Crippen molar-refractivity contribution in [3.8, 4) is 17.0 Å². The second-order valence-corrected chi connectivity index (χ2v) is 6.11. The number of fused-ring (bicyclic) bond motifs is 1. The molecule has 0 spiro atoms. The molecule has 0 bridgehead atoms. The summed E-state index contributed by atoms with van der Waals surface area (Å²) in [6, 6.07) is 12.0. The molecule has 0 amide bonds. The van der Waals surface area contributed by atoms with E-state index < -0.39 is 0 Å². The van der Waals surface area contributed by atoms with Gasteiger partial charge in [-0.3, -0.25) is 0 Å². The molecule has 0 aliphatic carbocycles. The lowest BCUT2D eigenvalue weighted by Gasteiger charge is -2.13. The summed E-state index contributed by atoms with van der Waals surface area (Å²) < 4.78 is 7.39. The summed E-state index contributed by atoms with van der Waals surface area (Å²) >= 11 is 5.23. The van der Waals surface area contributed by atoms with Crippen molar-refractivity contribution < 1.29 is 4.74 Å². The van der Waals surface area contributed by atoms with Crippen LogP contribution in [0.4, 0.5) is 0 Å². The largest absolute Gasteiger partial charge is 0.497 e. The molecule has 2 aromatic heterocycles. The lowest BCUT2D eigenvalue weighted by atomic mass is 10.0. The Hall–Kier alpha value is -2.40. The maximum atomic E-state index is 5.92. The van der Waals surface area contributed by atoms with Crippen LogP contribution in [0.25, 0.3) is 16.9 Å². The summed E-state index contributed by atoms with van der Waals surface area (Å²) in [4.78, 5) is 5.27. The average Bonchev–Trinajstić information content (AvgIpc) is 2.92. The van der Waals surface area contributed by atoms with Gasteiger partial charge in [-0.1, -0.05) is 31.3 Å². The summed E-state index contributed by atoms with van der Waals surface area (Å²) in [7, 11) is 1.66. The standard InChI is InChI=1S/C18H19N3OS/c1-11-7-8-21-15(9-11)20-16(17(21)12(2)18(19)23)13-5-4-6-14(10-13)22-3/h4-10,12H,1-3H3,(H2,19,23). The molecule has 2 N–H and O–H groups in total. The van der Waals surface area contributed by atoms with E-state index in [1.807, 2.05) is 37.4 Å². The minimum atomic E-state index is -0.0797. The van der Waals surface area contributed by atoms with Crippen LogP contribution in [-0.4, -0.2) is 21.5 Å². The van der Waals surface area contributed by atoms with Crippen molar-refractivity contribution in [3.05, 3.63) is 53.9 Å². The number of aryl methyl sites for hydroxylation is 1. The van der Waals surface area contributed by atoms with Gasteiger partial charge < -0.3 is 14.9 Å². The second-order valence-electron chi connectivity index (χ2n) is 5.63. The molecule has 3 rings (SSSR count). The quantitative estimate of drug-likeness (QED) is 0.743. The number of hydrogen-bond donors (Lipinski definition) is 1. The van der Waals surface area contributed by atoms with E-state index in [0.717, 1.165) is 33.9 Å². The van der Waals surface area contributed by atoms with Crippen LogP contribution in [0.2, 0.25) is 0 Å². The monoisotopic (exact) mass is 325 g/mol. The van der Waals surface area contributed by atoms with Gasteiger partial charge in [-0.05, 0) is 36.8 Å². The van der Waals surface area contributed by atoms with Crippen molar-refractivity contribution in [2.75, 3.05) is 7.11 Å². The number of nitrogens with zero attached hydrogens (tertiary/aromatic N) is 2. The SMILES string of the molecule is COc1cccc(-c2nc3cc(C)ccn3c2C(C)C(N)=S)c1. The molecule has 0 aliphatic rings. The van der Waals surface area contributed by atoms with Gasteiger partial charge in [-0.15, -0.1) is 0 Å². The Balaban J connectivity index is 2.29. The van der Waals surface area contributed by atoms with Gasteiger partial charge in [0, 0.05) is 17.7 Å². The molecule has 1 aromatic carbocycles. The third-order valence-corrected chi connectivity index (χ3v) is 4.35. The van der Waals surface area contributed by atoms with Crippen molar-refractivity contribution in [3.63, 3.8) is 0 Å². The number of rotatable bonds is 4. The molecule has 0 aliphatic heterocycles. The predicted octanol–water partition coefficient (Wildman–Crippen LogP) is 3.71. The Morgan fingerprint density at radius 1 is 1.30 bits per heavy atom. The van der Waals surface area contributed by atoms with E-state index >= 15 is 0 Å². The summed E-state index contributed by atoms with van der Waals surface area (Å²) in [5.41, 5.74) is 10.8. The van der Waals surface area contributed by atoms with Gasteiger partial charge in [-0.2, -0.15) is 0 Å². The first-order valence-corrected chi connectivity index (χ1v) is 7.84. The molecule has 3 aromatic rings. The van der Waals surface area contributed by atoms with Gasteiger partial charge in [-0.25, -0.2) is 4.98 Å². The molecule has 23 heavy (non-hydrogen) atoms. The summed E-state index contributed by atoms with van der Waals surface area (Å²) in [6.07, 6.45) is 2.02. The van der Waals surface area contributed by atoms with E-state index in [4.69, 9.17) is 27.7 Å². The number of benzene rings is 1. The Labute approximate surface area is 140 Å². The fourth-order valence-electron chi connectivity index (χ4n) is 2.70. The van der Waals surface area contributed by atoms with Crippen LogP contribution < -0.4 is 10.5 Å². The number of nitrogens with two attached hydrogens (primary N) is 1. The van der Waals surface area contributed by atoms with E-state index in [2.05, 4.69) is 23.5 Å². The lowest BCUT2D eigenvalue weighted by molar-refractivity contribution is 0.415. The summed E-state index contributed by atoms with van der Waals surface area (Å²) in [5.74, 6) is 0.716. The fourth-order valence-corrected chi connectivity index (χ4v) is 2.81. The molecule has 5 heteroatoms. The van der Waals surface area contributed by atoms with Crippen molar-refractivity contribution in [2.24, 2.45) is 5.73 Å². The highest BCUT2D eigenvalue weighted by Crippen LogP contribution is 2.32. The van der Waals surface area contributed by atoms with E-state index in [0.29, 0.717) is 4.99 Å². The average molecular weight is 325 g/mol. The predicted molar refractivity (Wildman–Crippen MR) is 97.1 cm³/mol.